The molecule has 0 atom stereocenters. The maximum absolute atomic E-state index is 11.7. The Bertz CT molecular complexity index is 299. The van der Waals surface area contributed by atoms with E-state index in [0.717, 1.165) is 0 Å². The molecule has 8 heteroatoms. The number of carbonyl (C=O) groups is 2. The number of hydrogen-bond donors (Lipinski definition) is 0. The maximum atomic E-state index is 11.7. The average molecular weight is 252 g/mol. The molecule has 0 unspecified atom stereocenters. The van der Waals surface area contributed by atoms with E-state index >= 15 is 0 Å². The summed E-state index contributed by atoms with van der Waals surface area (Å²) in [5.41, 5.74) is 0. The van der Waals surface area contributed by atoms with Crippen LogP contribution in [0.15, 0.2) is 0 Å². The van der Waals surface area contributed by atoms with E-state index in [9.17, 15) is 22.8 Å². The van der Waals surface area contributed by atoms with Crippen molar-refractivity contribution in [2.24, 2.45) is 0 Å². The standard InChI is InChI=1S/C9H11F3N2O3/c10-9(11,12)6-17-8(16)14(7-15)5-3-1-2-4-13/h7H,1-3,5-6H2. The second-order valence-electron chi connectivity index (χ2n) is 3.08. The minimum absolute atomic E-state index is 0.0676. The van der Waals surface area contributed by atoms with Crippen molar-refractivity contribution in [2.75, 3.05) is 13.2 Å². The number of unbranched alkanes of at least 4 members (excludes halogenated alkanes) is 2. The van der Waals surface area contributed by atoms with E-state index in [-0.39, 0.29) is 19.4 Å². The number of amides is 2. The highest BCUT2D eigenvalue weighted by Crippen LogP contribution is 2.15. The van der Waals surface area contributed by atoms with Gasteiger partial charge >= 0.3 is 12.3 Å². The third kappa shape index (κ3) is 8.07. The Labute approximate surface area is 95.7 Å². The second kappa shape index (κ2) is 7.49. The van der Waals surface area contributed by atoms with Gasteiger partial charge in [0.05, 0.1) is 6.07 Å². The predicted molar refractivity (Wildman–Crippen MR) is 49.6 cm³/mol. The Morgan fingerprint density at radius 1 is 1.41 bits per heavy atom. The highest BCUT2D eigenvalue weighted by molar-refractivity contribution is 5.80. The van der Waals surface area contributed by atoms with Crippen LogP contribution < -0.4 is 0 Å². The Balaban J connectivity index is 3.97. The molecule has 0 heterocycles. The van der Waals surface area contributed by atoms with E-state index in [1.54, 1.807) is 0 Å². The van der Waals surface area contributed by atoms with Crippen molar-refractivity contribution in [3.05, 3.63) is 0 Å². The molecule has 0 aliphatic rings. The zero-order chi connectivity index (χ0) is 13.3. The van der Waals surface area contributed by atoms with Gasteiger partial charge in [-0.1, -0.05) is 0 Å². The predicted octanol–water partition coefficient (Wildman–Crippen LogP) is 1.84. The fourth-order valence-electron chi connectivity index (χ4n) is 0.900. The van der Waals surface area contributed by atoms with Crippen LogP contribution in [0.1, 0.15) is 19.3 Å². The molecule has 0 aromatic carbocycles. The topological polar surface area (TPSA) is 70.4 Å². The lowest BCUT2D eigenvalue weighted by Crippen LogP contribution is -2.33. The highest BCUT2D eigenvalue weighted by atomic mass is 19.4. The van der Waals surface area contributed by atoms with Crippen molar-refractivity contribution >= 4 is 12.5 Å². The molecule has 0 aromatic rings. The van der Waals surface area contributed by atoms with Gasteiger partial charge in [-0.05, 0) is 12.8 Å². The first kappa shape index (κ1) is 15.2. The number of hydrogen-bond acceptors (Lipinski definition) is 4. The first-order valence-electron chi connectivity index (χ1n) is 4.73. The molecule has 5 nitrogen and oxygen atoms in total. The molecular formula is C9H11F3N2O3. The average Bonchev–Trinajstić information content (AvgIpc) is 2.25. The van der Waals surface area contributed by atoms with Crippen LogP contribution in [-0.4, -0.2) is 36.7 Å². The van der Waals surface area contributed by atoms with Gasteiger partial charge in [0, 0.05) is 13.0 Å². The van der Waals surface area contributed by atoms with Crippen molar-refractivity contribution in [3.63, 3.8) is 0 Å². The quantitative estimate of drug-likeness (QED) is 0.534. The Hall–Kier alpha value is -1.78. The van der Waals surface area contributed by atoms with Crippen molar-refractivity contribution in [1.82, 2.24) is 4.90 Å². The summed E-state index contributed by atoms with van der Waals surface area (Å²) in [7, 11) is 0. The summed E-state index contributed by atoms with van der Waals surface area (Å²) in [6.45, 7) is -1.80. The van der Waals surface area contributed by atoms with Gasteiger partial charge in [0.2, 0.25) is 6.41 Å². The van der Waals surface area contributed by atoms with E-state index < -0.39 is 18.9 Å². The van der Waals surface area contributed by atoms with Crippen LogP contribution in [-0.2, 0) is 9.53 Å². The van der Waals surface area contributed by atoms with Crippen LogP contribution in [0.25, 0.3) is 0 Å². The number of alkyl halides is 3. The van der Waals surface area contributed by atoms with Crippen molar-refractivity contribution in [2.45, 2.75) is 25.4 Å². The maximum Gasteiger partial charge on any atom is 0.422 e. The number of nitrogens with zero attached hydrogens (tertiary/aromatic N) is 2. The van der Waals surface area contributed by atoms with Gasteiger partial charge < -0.3 is 4.74 Å². The molecule has 0 saturated heterocycles. The van der Waals surface area contributed by atoms with Gasteiger partial charge in [0.1, 0.15) is 0 Å². The first-order chi connectivity index (χ1) is 7.90. The molecule has 0 aliphatic carbocycles. The highest BCUT2D eigenvalue weighted by Gasteiger charge is 2.30. The molecule has 0 fully saturated rings. The monoisotopic (exact) mass is 252 g/mol. The van der Waals surface area contributed by atoms with Gasteiger partial charge in [-0.15, -0.1) is 0 Å². The minimum Gasteiger partial charge on any atom is -0.439 e. The van der Waals surface area contributed by atoms with Crippen LogP contribution in [0, 0.1) is 11.3 Å². The van der Waals surface area contributed by atoms with E-state index in [1.807, 2.05) is 6.07 Å². The lowest BCUT2D eigenvalue weighted by Gasteiger charge is -2.15. The van der Waals surface area contributed by atoms with Gasteiger partial charge in [-0.25, -0.2) is 4.79 Å². The molecule has 0 N–H and O–H groups in total. The van der Waals surface area contributed by atoms with E-state index in [0.29, 0.717) is 17.7 Å². The molecule has 0 bridgehead atoms. The zero-order valence-corrected chi connectivity index (χ0v) is 8.87. The number of nitriles is 1. The first-order valence-corrected chi connectivity index (χ1v) is 4.73. The summed E-state index contributed by atoms with van der Waals surface area (Å²) >= 11 is 0. The summed E-state index contributed by atoms with van der Waals surface area (Å²) in [5, 5.41) is 8.22. The third-order valence-electron chi connectivity index (χ3n) is 1.66. The molecule has 0 rings (SSSR count). The molecule has 2 amide bonds. The van der Waals surface area contributed by atoms with Gasteiger partial charge in [0.25, 0.3) is 0 Å². The molecule has 0 aliphatic heterocycles. The molecule has 96 valence electrons. The number of imide groups is 1. The molecule has 0 saturated carbocycles. The summed E-state index contributed by atoms with van der Waals surface area (Å²) in [6, 6.07) is 1.86. The lowest BCUT2D eigenvalue weighted by atomic mass is 10.2. The van der Waals surface area contributed by atoms with Crippen LogP contribution in [0.5, 0.6) is 0 Å². The van der Waals surface area contributed by atoms with Crippen molar-refractivity contribution in [3.8, 4) is 6.07 Å². The molecule has 0 radical (unpaired) electrons. The smallest absolute Gasteiger partial charge is 0.422 e. The van der Waals surface area contributed by atoms with Gasteiger partial charge in [-0.2, -0.15) is 18.4 Å². The Kier molecular flexibility index (Phi) is 6.70. The Morgan fingerprint density at radius 3 is 2.53 bits per heavy atom. The number of rotatable bonds is 6. The SMILES string of the molecule is N#CCCCCN(C=O)C(=O)OCC(F)(F)F. The van der Waals surface area contributed by atoms with Crippen molar-refractivity contribution in [1.29, 1.82) is 5.26 Å². The van der Waals surface area contributed by atoms with Crippen LogP contribution in [0.4, 0.5) is 18.0 Å². The molecular weight excluding hydrogens is 241 g/mol. The minimum atomic E-state index is -4.62. The summed E-state index contributed by atoms with van der Waals surface area (Å²) in [4.78, 5) is 21.9. The fraction of sp³-hybridized carbons (Fsp3) is 0.667. The third-order valence-corrected chi connectivity index (χ3v) is 1.66. The molecule has 0 aromatic heterocycles. The Morgan fingerprint density at radius 2 is 2.06 bits per heavy atom. The van der Waals surface area contributed by atoms with E-state index in [2.05, 4.69) is 4.74 Å². The van der Waals surface area contributed by atoms with Crippen LogP contribution in [0.3, 0.4) is 0 Å². The van der Waals surface area contributed by atoms with Gasteiger partial charge in [-0.3, -0.25) is 9.69 Å². The summed E-state index contributed by atoms with van der Waals surface area (Å²) in [5.74, 6) is 0. The zero-order valence-electron chi connectivity index (χ0n) is 8.87. The summed E-state index contributed by atoms with van der Waals surface area (Å²) < 4.78 is 39.0. The fourth-order valence-corrected chi connectivity index (χ4v) is 0.900. The lowest BCUT2D eigenvalue weighted by molar-refractivity contribution is -0.163. The molecule has 17 heavy (non-hydrogen) atoms. The largest absolute Gasteiger partial charge is 0.439 e. The van der Waals surface area contributed by atoms with Gasteiger partial charge in [0.15, 0.2) is 6.61 Å². The number of ether oxygens (including phenoxy) is 1. The normalized spacial score (nSPS) is 10.5. The second-order valence-corrected chi connectivity index (χ2v) is 3.08. The van der Waals surface area contributed by atoms with Crippen molar-refractivity contribution < 1.29 is 27.5 Å². The van der Waals surface area contributed by atoms with Crippen LogP contribution >= 0.6 is 0 Å². The molecule has 0 spiro atoms. The van der Waals surface area contributed by atoms with E-state index in [1.165, 1.54) is 0 Å². The number of halogens is 3. The van der Waals surface area contributed by atoms with Crippen LogP contribution in [0.2, 0.25) is 0 Å². The summed E-state index contributed by atoms with van der Waals surface area (Å²) in [6.07, 6.45) is -4.81. The van der Waals surface area contributed by atoms with E-state index in [4.69, 9.17) is 5.26 Å². The number of carbonyl (C=O) groups excluding carboxylic acids is 2.